The van der Waals surface area contributed by atoms with Crippen LogP contribution in [0.4, 0.5) is 5.95 Å². The molecule has 0 amide bonds. The molecule has 0 aliphatic carbocycles. The lowest BCUT2D eigenvalue weighted by Crippen LogP contribution is -2.42. The molecule has 134 valence electrons. The van der Waals surface area contributed by atoms with Crippen LogP contribution >= 0.6 is 0 Å². The number of fused-ring (bicyclic) bond motifs is 2. The van der Waals surface area contributed by atoms with Crippen LogP contribution < -0.4 is 4.90 Å². The lowest BCUT2D eigenvalue weighted by atomic mass is 9.81. The van der Waals surface area contributed by atoms with E-state index < -0.39 is 10.0 Å². The first-order valence-electron chi connectivity index (χ1n) is 8.47. The summed E-state index contributed by atoms with van der Waals surface area (Å²) >= 11 is 0. The molecule has 0 radical (unpaired) electrons. The fourth-order valence-electron chi connectivity index (χ4n) is 3.44. The third-order valence-corrected chi connectivity index (χ3v) is 6.76. The largest absolute Gasteiger partial charge is 0.376 e. The number of anilines is 1. The summed E-state index contributed by atoms with van der Waals surface area (Å²) < 4.78 is 32.5. The highest BCUT2D eigenvalue weighted by Gasteiger charge is 2.47. The first-order chi connectivity index (χ1) is 11.4. The molecule has 0 aromatic carbocycles. The Morgan fingerprint density at radius 2 is 2.21 bits per heavy atom. The molecule has 0 bridgehead atoms. The molecule has 1 aromatic heterocycles. The highest BCUT2D eigenvalue weighted by Crippen LogP contribution is 2.40. The van der Waals surface area contributed by atoms with Crippen molar-refractivity contribution in [3.63, 3.8) is 0 Å². The second-order valence-corrected chi connectivity index (χ2v) is 9.05. The van der Waals surface area contributed by atoms with Gasteiger partial charge in [-0.3, -0.25) is 0 Å². The predicted molar refractivity (Wildman–Crippen MR) is 92.6 cm³/mol. The van der Waals surface area contributed by atoms with Crippen molar-refractivity contribution < 1.29 is 13.2 Å². The molecule has 1 fully saturated rings. The van der Waals surface area contributed by atoms with Gasteiger partial charge >= 0.3 is 0 Å². The van der Waals surface area contributed by atoms with E-state index in [1.165, 1.54) is 0 Å². The van der Waals surface area contributed by atoms with Gasteiger partial charge in [0.1, 0.15) is 0 Å². The molecule has 1 spiro atoms. The van der Waals surface area contributed by atoms with Crippen molar-refractivity contribution in [2.45, 2.75) is 38.2 Å². The van der Waals surface area contributed by atoms with Crippen molar-refractivity contribution in [3.05, 3.63) is 17.5 Å². The van der Waals surface area contributed by atoms with Crippen LogP contribution in [-0.2, 0) is 26.8 Å². The third-order valence-electron chi connectivity index (χ3n) is 4.86. The number of ether oxygens (including phenoxy) is 1. The molecule has 1 atom stereocenters. The Labute approximate surface area is 144 Å². The molecule has 1 saturated heterocycles. The molecule has 2 aliphatic rings. The number of rotatable bonds is 5. The molecule has 3 heterocycles. The molecular weight excluding hydrogens is 328 g/mol. The van der Waals surface area contributed by atoms with Crippen molar-refractivity contribution in [1.82, 2.24) is 14.3 Å². The fraction of sp³-hybridized carbons (Fsp3) is 0.750. The minimum absolute atomic E-state index is 0.222. The molecule has 1 aromatic rings. The van der Waals surface area contributed by atoms with Gasteiger partial charge in [0.05, 0.1) is 30.1 Å². The summed E-state index contributed by atoms with van der Waals surface area (Å²) in [5, 5.41) is 0. The maximum Gasteiger partial charge on any atom is 0.225 e. The quantitative estimate of drug-likeness (QED) is 0.789. The van der Waals surface area contributed by atoms with Gasteiger partial charge in [-0.25, -0.2) is 22.7 Å². The van der Waals surface area contributed by atoms with E-state index >= 15 is 0 Å². The van der Waals surface area contributed by atoms with E-state index in [1.54, 1.807) is 4.31 Å². The number of unbranched alkanes of at least 4 members (excludes halogenated alkanes) is 1. The number of aromatic nitrogens is 2. The van der Waals surface area contributed by atoms with Gasteiger partial charge < -0.3 is 9.64 Å². The summed E-state index contributed by atoms with van der Waals surface area (Å²) in [5.41, 5.74) is 1.58. The average molecular weight is 354 g/mol. The van der Waals surface area contributed by atoms with Gasteiger partial charge in [0, 0.05) is 38.9 Å². The first-order valence-corrected chi connectivity index (χ1v) is 10.1. The number of hydrogen-bond acceptors (Lipinski definition) is 6. The summed E-state index contributed by atoms with van der Waals surface area (Å²) in [6.07, 6.45) is 4.14. The second-order valence-electron chi connectivity index (χ2n) is 6.96. The Bertz CT molecular complexity index is 707. The predicted octanol–water partition coefficient (Wildman–Crippen LogP) is 1.15. The number of nitrogens with zero attached hydrogens (tertiary/aromatic N) is 4. The van der Waals surface area contributed by atoms with Crippen molar-refractivity contribution >= 4 is 16.0 Å². The monoisotopic (exact) mass is 354 g/mol. The van der Waals surface area contributed by atoms with Gasteiger partial charge in [-0.05, 0) is 12.8 Å². The summed E-state index contributed by atoms with van der Waals surface area (Å²) in [6.45, 7) is 4.01. The first kappa shape index (κ1) is 17.6. The average Bonchev–Trinajstić information content (AvgIpc) is 2.99. The van der Waals surface area contributed by atoms with Crippen LogP contribution in [0.25, 0.3) is 0 Å². The summed E-state index contributed by atoms with van der Waals surface area (Å²) in [7, 11) is 0.611. The minimum Gasteiger partial charge on any atom is -0.376 e. The second kappa shape index (κ2) is 6.57. The highest BCUT2D eigenvalue weighted by molar-refractivity contribution is 7.89. The van der Waals surface area contributed by atoms with E-state index in [4.69, 9.17) is 9.72 Å². The summed E-state index contributed by atoms with van der Waals surface area (Å²) in [5.74, 6) is 0.877. The van der Waals surface area contributed by atoms with Crippen LogP contribution in [0.15, 0.2) is 6.20 Å². The Balaban J connectivity index is 1.90. The third kappa shape index (κ3) is 3.14. The maximum absolute atomic E-state index is 12.5. The van der Waals surface area contributed by atoms with E-state index in [9.17, 15) is 8.42 Å². The number of sulfonamides is 1. The highest BCUT2D eigenvalue weighted by atomic mass is 32.2. The Morgan fingerprint density at radius 3 is 2.92 bits per heavy atom. The van der Waals surface area contributed by atoms with Gasteiger partial charge in [-0.15, -0.1) is 0 Å². The normalized spacial score (nSPS) is 24.3. The summed E-state index contributed by atoms with van der Waals surface area (Å²) in [4.78, 5) is 11.0. The molecule has 24 heavy (non-hydrogen) atoms. The van der Waals surface area contributed by atoms with E-state index in [2.05, 4.69) is 4.98 Å². The number of hydrogen-bond donors (Lipinski definition) is 0. The molecule has 7 nitrogen and oxygen atoms in total. The molecule has 0 unspecified atom stereocenters. The van der Waals surface area contributed by atoms with Crippen molar-refractivity contribution in [1.29, 1.82) is 0 Å². The van der Waals surface area contributed by atoms with Crippen molar-refractivity contribution in [3.8, 4) is 0 Å². The molecule has 2 aliphatic heterocycles. The molecular formula is C16H26N4O3S. The Kier molecular flexibility index (Phi) is 4.81. The van der Waals surface area contributed by atoms with Crippen LogP contribution in [0.1, 0.15) is 37.4 Å². The molecule has 8 heteroatoms. The van der Waals surface area contributed by atoms with Crippen LogP contribution in [-0.4, -0.2) is 62.2 Å². The zero-order valence-electron chi connectivity index (χ0n) is 14.7. The standard InChI is InChI=1S/C16H26N4O3S/c1-4-5-8-24(21,22)20-7-6-16(11-20)12-23-10-13-9-17-15(19(2)3)18-14(13)16/h9H,4-8,10-12H2,1-3H3/t16-/m0/s1. The zero-order chi connectivity index (χ0) is 17.4. The molecule has 0 saturated carbocycles. The lowest BCUT2D eigenvalue weighted by molar-refractivity contribution is 0.0531. The molecule has 0 N–H and O–H groups in total. The maximum atomic E-state index is 12.5. The minimum atomic E-state index is -3.20. The van der Waals surface area contributed by atoms with Crippen molar-refractivity contribution in [2.24, 2.45) is 0 Å². The van der Waals surface area contributed by atoms with Gasteiger partial charge in [0.25, 0.3) is 0 Å². The zero-order valence-corrected chi connectivity index (χ0v) is 15.5. The van der Waals surface area contributed by atoms with Crippen LogP contribution in [0.2, 0.25) is 0 Å². The Hall–Kier alpha value is -1.25. The van der Waals surface area contributed by atoms with Gasteiger partial charge in [0.2, 0.25) is 16.0 Å². The van der Waals surface area contributed by atoms with E-state index in [-0.39, 0.29) is 11.2 Å². The van der Waals surface area contributed by atoms with Crippen LogP contribution in [0.5, 0.6) is 0 Å². The molecule has 3 rings (SSSR count). The summed E-state index contributed by atoms with van der Waals surface area (Å²) in [6, 6.07) is 0. The van der Waals surface area contributed by atoms with Crippen molar-refractivity contribution in [2.75, 3.05) is 44.4 Å². The van der Waals surface area contributed by atoms with E-state index in [0.717, 1.165) is 24.1 Å². The topological polar surface area (TPSA) is 75.6 Å². The fourth-order valence-corrected chi connectivity index (χ4v) is 5.17. The SMILES string of the molecule is CCCCS(=O)(=O)N1CC[C@@]2(COCc3cnc(N(C)C)nc32)C1. The van der Waals surface area contributed by atoms with Gasteiger partial charge in [-0.2, -0.15) is 0 Å². The van der Waals surface area contributed by atoms with Crippen LogP contribution in [0, 0.1) is 0 Å². The van der Waals surface area contributed by atoms with E-state index in [0.29, 0.717) is 38.7 Å². The van der Waals surface area contributed by atoms with Gasteiger partial charge in [-0.1, -0.05) is 13.3 Å². The Morgan fingerprint density at radius 1 is 1.42 bits per heavy atom. The van der Waals surface area contributed by atoms with Gasteiger partial charge in [0.15, 0.2) is 0 Å². The van der Waals surface area contributed by atoms with Crippen LogP contribution in [0.3, 0.4) is 0 Å². The van der Waals surface area contributed by atoms with E-state index in [1.807, 2.05) is 32.1 Å². The lowest BCUT2D eigenvalue weighted by Gasteiger charge is -2.34. The smallest absolute Gasteiger partial charge is 0.225 e.